The van der Waals surface area contributed by atoms with Gasteiger partial charge in [0, 0.05) is 19.3 Å². The Labute approximate surface area is 87.2 Å². The minimum absolute atomic E-state index is 0.467. The smallest absolute Gasteiger partial charge is 0.0468 e. The standard InChI is InChI=1S/C12H23NO/c1-9-2-3-12(13)11(8-9)10-4-6-14-7-5-10/h9-12H,2-8,13H2,1H3. The van der Waals surface area contributed by atoms with Crippen LogP contribution in [0.5, 0.6) is 0 Å². The van der Waals surface area contributed by atoms with E-state index < -0.39 is 0 Å². The van der Waals surface area contributed by atoms with E-state index in [-0.39, 0.29) is 0 Å². The van der Waals surface area contributed by atoms with Crippen molar-refractivity contribution in [2.75, 3.05) is 13.2 Å². The maximum absolute atomic E-state index is 6.23. The average molecular weight is 197 g/mol. The third-order valence-electron chi connectivity index (χ3n) is 4.09. The fraction of sp³-hybridized carbons (Fsp3) is 1.00. The molecule has 0 amide bonds. The maximum atomic E-state index is 6.23. The molecule has 2 aliphatic rings. The molecule has 0 aromatic rings. The summed E-state index contributed by atoms with van der Waals surface area (Å²) >= 11 is 0. The lowest BCUT2D eigenvalue weighted by Gasteiger charge is -2.39. The summed E-state index contributed by atoms with van der Waals surface area (Å²) in [4.78, 5) is 0. The van der Waals surface area contributed by atoms with Gasteiger partial charge in [-0.2, -0.15) is 0 Å². The number of rotatable bonds is 1. The lowest BCUT2D eigenvalue weighted by Crippen LogP contribution is -2.41. The largest absolute Gasteiger partial charge is 0.381 e. The molecule has 0 aromatic carbocycles. The third kappa shape index (κ3) is 2.29. The topological polar surface area (TPSA) is 35.2 Å². The van der Waals surface area contributed by atoms with Crippen LogP contribution in [0.25, 0.3) is 0 Å². The molecule has 2 rings (SSSR count). The molecule has 3 atom stereocenters. The number of nitrogens with two attached hydrogens (primary N) is 1. The van der Waals surface area contributed by atoms with Crippen LogP contribution in [0, 0.1) is 17.8 Å². The van der Waals surface area contributed by atoms with Crippen LogP contribution in [0.1, 0.15) is 39.0 Å². The van der Waals surface area contributed by atoms with Gasteiger partial charge in [-0.1, -0.05) is 6.92 Å². The molecule has 14 heavy (non-hydrogen) atoms. The summed E-state index contributed by atoms with van der Waals surface area (Å²) in [6.07, 6.45) is 6.41. The average Bonchev–Trinajstić information content (AvgIpc) is 2.23. The number of hydrogen-bond acceptors (Lipinski definition) is 2. The molecule has 82 valence electrons. The number of hydrogen-bond donors (Lipinski definition) is 1. The van der Waals surface area contributed by atoms with Crippen molar-refractivity contribution >= 4 is 0 Å². The first-order chi connectivity index (χ1) is 6.77. The minimum Gasteiger partial charge on any atom is -0.381 e. The van der Waals surface area contributed by atoms with Crippen LogP contribution in [-0.4, -0.2) is 19.3 Å². The van der Waals surface area contributed by atoms with E-state index in [0.717, 1.165) is 31.0 Å². The van der Waals surface area contributed by atoms with Crippen LogP contribution >= 0.6 is 0 Å². The highest BCUT2D eigenvalue weighted by Gasteiger charge is 2.32. The van der Waals surface area contributed by atoms with Gasteiger partial charge in [0.15, 0.2) is 0 Å². The Kier molecular flexibility index (Phi) is 3.45. The van der Waals surface area contributed by atoms with E-state index >= 15 is 0 Å². The van der Waals surface area contributed by atoms with Gasteiger partial charge >= 0.3 is 0 Å². The zero-order valence-electron chi connectivity index (χ0n) is 9.24. The third-order valence-corrected chi connectivity index (χ3v) is 4.09. The molecule has 2 nitrogen and oxygen atoms in total. The van der Waals surface area contributed by atoms with Crippen LogP contribution in [0.15, 0.2) is 0 Å². The fourth-order valence-electron chi connectivity index (χ4n) is 3.13. The molecule has 1 heterocycles. The first-order valence-electron chi connectivity index (χ1n) is 6.10. The lowest BCUT2D eigenvalue weighted by atomic mass is 9.71. The molecule has 1 aliphatic carbocycles. The first-order valence-corrected chi connectivity index (χ1v) is 6.10. The van der Waals surface area contributed by atoms with Crippen molar-refractivity contribution < 1.29 is 4.74 Å². The zero-order valence-corrected chi connectivity index (χ0v) is 9.24. The van der Waals surface area contributed by atoms with Crippen molar-refractivity contribution in [3.63, 3.8) is 0 Å². The Morgan fingerprint density at radius 3 is 2.50 bits per heavy atom. The van der Waals surface area contributed by atoms with E-state index in [1.807, 2.05) is 0 Å². The van der Waals surface area contributed by atoms with Gasteiger partial charge in [0.05, 0.1) is 0 Å². The van der Waals surface area contributed by atoms with Crippen LogP contribution in [0.2, 0.25) is 0 Å². The predicted octanol–water partition coefficient (Wildman–Crippen LogP) is 2.18. The Bertz CT molecular complexity index is 177. The summed E-state index contributed by atoms with van der Waals surface area (Å²) in [5.74, 6) is 2.52. The summed E-state index contributed by atoms with van der Waals surface area (Å²) in [7, 11) is 0. The van der Waals surface area contributed by atoms with Crippen molar-refractivity contribution in [1.29, 1.82) is 0 Å². The summed E-state index contributed by atoms with van der Waals surface area (Å²) < 4.78 is 5.41. The molecular weight excluding hydrogens is 174 g/mol. The highest BCUT2D eigenvalue weighted by molar-refractivity contribution is 4.86. The van der Waals surface area contributed by atoms with E-state index in [4.69, 9.17) is 10.5 Å². The van der Waals surface area contributed by atoms with Crippen LogP contribution in [-0.2, 0) is 4.74 Å². The monoisotopic (exact) mass is 197 g/mol. The second kappa shape index (κ2) is 4.63. The van der Waals surface area contributed by atoms with Gasteiger partial charge < -0.3 is 10.5 Å². The zero-order chi connectivity index (χ0) is 9.97. The second-order valence-corrected chi connectivity index (χ2v) is 5.20. The molecular formula is C12H23NO. The van der Waals surface area contributed by atoms with Gasteiger partial charge in [-0.05, 0) is 49.9 Å². The van der Waals surface area contributed by atoms with Crippen molar-refractivity contribution in [1.82, 2.24) is 0 Å². The maximum Gasteiger partial charge on any atom is 0.0468 e. The Morgan fingerprint density at radius 1 is 1.07 bits per heavy atom. The fourth-order valence-corrected chi connectivity index (χ4v) is 3.13. The first kappa shape index (κ1) is 10.4. The van der Waals surface area contributed by atoms with E-state index in [1.54, 1.807) is 0 Å². The highest BCUT2D eigenvalue weighted by atomic mass is 16.5. The van der Waals surface area contributed by atoms with E-state index in [0.29, 0.717) is 6.04 Å². The van der Waals surface area contributed by atoms with Crippen molar-refractivity contribution in [2.45, 2.75) is 45.1 Å². The van der Waals surface area contributed by atoms with Gasteiger partial charge in [0.1, 0.15) is 0 Å². The molecule has 1 saturated heterocycles. The molecule has 1 saturated carbocycles. The van der Waals surface area contributed by atoms with Crippen molar-refractivity contribution in [3.8, 4) is 0 Å². The second-order valence-electron chi connectivity index (χ2n) is 5.20. The van der Waals surface area contributed by atoms with Crippen LogP contribution < -0.4 is 5.73 Å². The molecule has 1 aliphatic heterocycles. The Hall–Kier alpha value is -0.0800. The number of ether oxygens (including phenoxy) is 1. The summed E-state index contributed by atoms with van der Waals surface area (Å²) in [6, 6.07) is 0.467. The molecule has 2 heteroatoms. The molecule has 0 bridgehead atoms. The Balaban J connectivity index is 1.92. The quantitative estimate of drug-likeness (QED) is 0.699. The molecule has 2 N–H and O–H groups in total. The van der Waals surface area contributed by atoms with E-state index in [2.05, 4.69) is 6.92 Å². The summed E-state index contributed by atoms with van der Waals surface area (Å²) in [6.45, 7) is 4.29. The molecule has 0 radical (unpaired) electrons. The SMILES string of the molecule is CC1CCC(N)C(C2CCOCC2)C1. The van der Waals surface area contributed by atoms with Gasteiger partial charge in [0.25, 0.3) is 0 Å². The van der Waals surface area contributed by atoms with Gasteiger partial charge in [-0.3, -0.25) is 0 Å². The van der Waals surface area contributed by atoms with Crippen LogP contribution in [0.4, 0.5) is 0 Å². The summed E-state index contributed by atoms with van der Waals surface area (Å²) in [5.41, 5.74) is 6.23. The van der Waals surface area contributed by atoms with E-state index in [9.17, 15) is 0 Å². The molecule has 0 spiro atoms. The predicted molar refractivity (Wildman–Crippen MR) is 58.0 cm³/mol. The molecule has 2 fully saturated rings. The highest BCUT2D eigenvalue weighted by Crippen LogP contribution is 2.36. The van der Waals surface area contributed by atoms with Crippen LogP contribution in [0.3, 0.4) is 0 Å². The van der Waals surface area contributed by atoms with Crippen molar-refractivity contribution in [2.24, 2.45) is 23.5 Å². The normalized spacial score (nSPS) is 41.1. The molecule has 3 unspecified atom stereocenters. The van der Waals surface area contributed by atoms with E-state index in [1.165, 1.54) is 32.1 Å². The lowest BCUT2D eigenvalue weighted by molar-refractivity contribution is 0.0289. The molecule has 0 aromatic heterocycles. The van der Waals surface area contributed by atoms with Gasteiger partial charge in [-0.15, -0.1) is 0 Å². The Morgan fingerprint density at radius 2 is 1.79 bits per heavy atom. The van der Waals surface area contributed by atoms with Crippen molar-refractivity contribution in [3.05, 3.63) is 0 Å². The van der Waals surface area contributed by atoms with Gasteiger partial charge in [0.2, 0.25) is 0 Å². The summed E-state index contributed by atoms with van der Waals surface area (Å²) in [5, 5.41) is 0. The minimum atomic E-state index is 0.467. The van der Waals surface area contributed by atoms with Gasteiger partial charge in [-0.25, -0.2) is 0 Å².